The predicted molar refractivity (Wildman–Crippen MR) is 65.7 cm³/mol. The fourth-order valence-corrected chi connectivity index (χ4v) is 2.00. The molecule has 1 aliphatic heterocycles. The molecule has 0 aliphatic carbocycles. The number of hydrogen-bond donors (Lipinski definition) is 0. The van der Waals surface area contributed by atoms with Gasteiger partial charge in [0, 0.05) is 11.1 Å². The van der Waals surface area contributed by atoms with Crippen molar-refractivity contribution in [2.24, 2.45) is 0 Å². The lowest BCUT2D eigenvalue weighted by atomic mass is 9.95. The van der Waals surface area contributed by atoms with Crippen molar-refractivity contribution in [3.8, 4) is 5.75 Å². The third kappa shape index (κ3) is 2.71. The molecule has 2 rings (SSSR count). The number of rotatable bonds is 4. The first kappa shape index (κ1) is 18.5. The molecular weight excluding hydrogens is 355 g/mol. The van der Waals surface area contributed by atoms with Crippen LogP contribution in [0.4, 0.5) is 39.5 Å². The maximum absolute atomic E-state index is 13.6. The van der Waals surface area contributed by atoms with Crippen molar-refractivity contribution >= 4 is 6.08 Å². The van der Waals surface area contributed by atoms with E-state index in [2.05, 4.69) is 0 Å². The second kappa shape index (κ2) is 5.59. The summed E-state index contributed by atoms with van der Waals surface area (Å²) in [4.78, 5) is 0. The van der Waals surface area contributed by atoms with E-state index in [4.69, 9.17) is 4.74 Å². The summed E-state index contributed by atoms with van der Waals surface area (Å²) >= 11 is 0. The zero-order valence-electron chi connectivity index (χ0n) is 11.6. The van der Waals surface area contributed by atoms with E-state index < -0.39 is 42.5 Å². The molecule has 0 N–H and O–H groups in total. The zero-order chi connectivity index (χ0) is 18.4. The van der Waals surface area contributed by atoms with E-state index in [-0.39, 0.29) is 11.3 Å². The van der Waals surface area contributed by atoms with E-state index in [0.29, 0.717) is 18.2 Å². The van der Waals surface area contributed by atoms with Crippen molar-refractivity contribution in [1.29, 1.82) is 0 Å². The lowest BCUT2D eigenvalue weighted by Crippen LogP contribution is -2.50. The molecule has 0 saturated heterocycles. The zero-order valence-corrected chi connectivity index (χ0v) is 11.6. The minimum Gasteiger partial charge on any atom is -0.477 e. The van der Waals surface area contributed by atoms with E-state index in [9.17, 15) is 39.5 Å². The Kier molecular flexibility index (Phi) is 4.30. The van der Waals surface area contributed by atoms with Gasteiger partial charge in [0.2, 0.25) is 0 Å². The molecule has 134 valence electrons. The van der Waals surface area contributed by atoms with E-state index in [0.717, 1.165) is 12.2 Å². The Bertz CT molecular complexity index is 644. The number of hydrogen-bond acceptors (Lipinski definition) is 1. The molecule has 10 heteroatoms. The van der Waals surface area contributed by atoms with Gasteiger partial charge in [-0.15, -0.1) is 0 Å². The third-order valence-corrected chi connectivity index (χ3v) is 3.45. The molecule has 0 atom stereocenters. The summed E-state index contributed by atoms with van der Waals surface area (Å²) in [5.74, 6) is -12.2. The van der Waals surface area contributed by atoms with Crippen molar-refractivity contribution < 1.29 is 44.3 Å². The second-order valence-corrected chi connectivity index (χ2v) is 5.17. The van der Waals surface area contributed by atoms with Crippen LogP contribution in [0.25, 0.3) is 6.08 Å². The highest BCUT2D eigenvalue weighted by atomic mass is 19.4. The summed E-state index contributed by atoms with van der Waals surface area (Å²) in [5, 5.41) is 0. The Morgan fingerprint density at radius 1 is 0.917 bits per heavy atom. The van der Waals surface area contributed by atoms with Crippen molar-refractivity contribution in [2.45, 2.75) is 23.6 Å². The lowest BCUT2D eigenvalue weighted by Gasteiger charge is -2.32. The summed E-state index contributed by atoms with van der Waals surface area (Å²) < 4.78 is 121. The predicted octanol–water partition coefficient (Wildman–Crippen LogP) is 5.06. The molecule has 0 bridgehead atoms. The number of alkyl halides is 9. The molecule has 0 aromatic heterocycles. The molecule has 0 amide bonds. The monoisotopic (exact) mass is 364 g/mol. The fourth-order valence-electron chi connectivity index (χ4n) is 2.00. The van der Waals surface area contributed by atoms with Gasteiger partial charge in [0.15, 0.2) is 5.60 Å². The van der Waals surface area contributed by atoms with Gasteiger partial charge in [0.05, 0.1) is 0 Å². The molecule has 0 fully saturated rings. The van der Waals surface area contributed by atoms with Crippen LogP contribution in [0, 0.1) is 0 Å². The molecule has 0 saturated carbocycles. The fraction of sp³-hybridized carbons (Fsp3) is 0.429. The summed E-state index contributed by atoms with van der Waals surface area (Å²) in [6, 6.07) is 1.30. The SMILES string of the molecule is FCC1(CF)C=Cc2cc(C(F)(F)C(F)(F)C(F)(F)F)ccc2O1. The summed E-state index contributed by atoms with van der Waals surface area (Å²) in [7, 11) is 0. The number of halogens is 9. The quantitative estimate of drug-likeness (QED) is 0.679. The highest BCUT2D eigenvalue weighted by Crippen LogP contribution is 2.52. The Morgan fingerprint density at radius 3 is 2.00 bits per heavy atom. The van der Waals surface area contributed by atoms with Gasteiger partial charge < -0.3 is 4.74 Å². The van der Waals surface area contributed by atoms with Crippen LogP contribution in [0.5, 0.6) is 5.75 Å². The first-order chi connectivity index (χ1) is 10.9. The van der Waals surface area contributed by atoms with Gasteiger partial charge in [-0.3, -0.25) is 0 Å². The largest absolute Gasteiger partial charge is 0.477 e. The number of ether oxygens (including phenoxy) is 1. The molecule has 1 aliphatic rings. The van der Waals surface area contributed by atoms with Crippen LogP contribution in [0.3, 0.4) is 0 Å². The topological polar surface area (TPSA) is 9.23 Å². The van der Waals surface area contributed by atoms with Crippen LogP contribution in [-0.4, -0.2) is 31.0 Å². The molecule has 1 heterocycles. The third-order valence-electron chi connectivity index (χ3n) is 3.45. The summed E-state index contributed by atoms with van der Waals surface area (Å²) in [6.45, 7) is -2.58. The van der Waals surface area contributed by atoms with E-state index in [1.807, 2.05) is 0 Å². The maximum Gasteiger partial charge on any atom is 0.460 e. The Balaban J connectivity index is 2.45. The van der Waals surface area contributed by atoms with Gasteiger partial charge in [-0.05, 0) is 24.3 Å². The van der Waals surface area contributed by atoms with Gasteiger partial charge in [0.1, 0.15) is 19.1 Å². The molecule has 24 heavy (non-hydrogen) atoms. The van der Waals surface area contributed by atoms with Crippen LogP contribution >= 0.6 is 0 Å². The van der Waals surface area contributed by atoms with Crippen LogP contribution in [-0.2, 0) is 5.92 Å². The first-order valence-corrected chi connectivity index (χ1v) is 6.37. The van der Waals surface area contributed by atoms with Gasteiger partial charge >= 0.3 is 18.0 Å². The Labute approximate surface area is 129 Å². The number of fused-ring (bicyclic) bond motifs is 1. The van der Waals surface area contributed by atoms with Crippen LogP contribution < -0.4 is 4.74 Å². The van der Waals surface area contributed by atoms with Crippen LogP contribution in [0.2, 0.25) is 0 Å². The Hall–Kier alpha value is -1.87. The van der Waals surface area contributed by atoms with Gasteiger partial charge in [-0.2, -0.15) is 30.7 Å². The smallest absolute Gasteiger partial charge is 0.460 e. The standard InChI is InChI=1S/C14H9F9O/c15-6-11(7-16)4-3-8-5-9(1-2-10(8)24-11)12(17,18)13(19,20)14(21,22)23/h1-5H,6-7H2. The van der Waals surface area contributed by atoms with Crippen molar-refractivity contribution in [3.05, 3.63) is 35.4 Å². The second-order valence-electron chi connectivity index (χ2n) is 5.17. The molecule has 0 spiro atoms. The molecule has 1 aromatic rings. The number of benzene rings is 1. The molecule has 1 aromatic carbocycles. The van der Waals surface area contributed by atoms with Gasteiger partial charge in [-0.1, -0.05) is 6.08 Å². The van der Waals surface area contributed by atoms with E-state index in [1.54, 1.807) is 0 Å². The highest BCUT2D eigenvalue weighted by molar-refractivity contribution is 5.62. The Morgan fingerprint density at radius 2 is 1.50 bits per heavy atom. The maximum atomic E-state index is 13.6. The average molecular weight is 364 g/mol. The van der Waals surface area contributed by atoms with E-state index in [1.165, 1.54) is 0 Å². The summed E-state index contributed by atoms with van der Waals surface area (Å²) in [6.07, 6.45) is -4.70. The van der Waals surface area contributed by atoms with Gasteiger partial charge in [0.25, 0.3) is 0 Å². The minimum atomic E-state index is -6.46. The molecule has 0 unspecified atom stereocenters. The average Bonchev–Trinajstić information content (AvgIpc) is 2.52. The van der Waals surface area contributed by atoms with Gasteiger partial charge in [-0.25, -0.2) is 8.78 Å². The normalized spacial score (nSPS) is 17.4. The van der Waals surface area contributed by atoms with Crippen molar-refractivity contribution in [3.63, 3.8) is 0 Å². The molecular formula is C14H9F9O. The summed E-state index contributed by atoms with van der Waals surface area (Å²) in [5.41, 5.74) is -3.89. The first-order valence-electron chi connectivity index (χ1n) is 6.37. The molecule has 0 radical (unpaired) electrons. The highest BCUT2D eigenvalue weighted by Gasteiger charge is 2.73. The van der Waals surface area contributed by atoms with Crippen LogP contribution in [0.15, 0.2) is 24.3 Å². The minimum absolute atomic E-state index is 0.291. The van der Waals surface area contributed by atoms with Crippen LogP contribution in [0.1, 0.15) is 11.1 Å². The molecule has 1 nitrogen and oxygen atoms in total. The van der Waals surface area contributed by atoms with Crippen molar-refractivity contribution in [1.82, 2.24) is 0 Å². The van der Waals surface area contributed by atoms with Crippen molar-refractivity contribution in [2.75, 3.05) is 13.3 Å². The lowest BCUT2D eigenvalue weighted by molar-refractivity contribution is -0.359. The van der Waals surface area contributed by atoms with E-state index >= 15 is 0 Å².